The molecule has 0 fully saturated rings. The van der Waals surface area contributed by atoms with Crippen LogP contribution in [0.5, 0.6) is 0 Å². The van der Waals surface area contributed by atoms with Gasteiger partial charge >= 0.3 is 6.18 Å². The van der Waals surface area contributed by atoms with Gasteiger partial charge in [-0.2, -0.15) is 18.4 Å². The lowest BCUT2D eigenvalue weighted by Crippen LogP contribution is -2.13. The van der Waals surface area contributed by atoms with Gasteiger partial charge in [-0.25, -0.2) is 0 Å². The predicted molar refractivity (Wildman–Crippen MR) is 77.3 cm³/mol. The van der Waals surface area contributed by atoms with Crippen molar-refractivity contribution in [1.82, 2.24) is 0 Å². The van der Waals surface area contributed by atoms with Crippen LogP contribution in [-0.2, 0) is 6.18 Å². The summed E-state index contributed by atoms with van der Waals surface area (Å²) in [5.74, 6) is 0. The Balaban J connectivity index is 2.36. The Hall–Kier alpha value is -2.00. The first-order valence-corrected chi connectivity index (χ1v) is 7.12. The summed E-state index contributed by atoms with van der Waals surface area (Å²) in [7, 11) is 0. The Bertz CT molecular complexity index is 683. The van der Waals surface area contributed by atoms with Crippen LogP contribution in [0, 0.1) is 18.3 Å². The van der Waals surface area contributed by atoms with Crippen LogP contribution in [-0.4, -0.2) is 0 Å². The van der Waals surface area contributed by atoms with E-state index in [1.54, 1.807) is 6.07 Å². The average Bonchev–Trinajstić information content (AvgIpc) is 2.84. The number of rotatable bonds is 3. The highest BCUT2D eigenvalue weighted by Crippen LogP contribution is 2.37. The van der Waals surface area contributed by atoms with Gasteiger partial charge in [0.05, 0.1) is 23.2 Å². The van der Waals surface area contributed by atoms with Crippen LogP contribution >= 0.6 is 11.3 Å². The molecule has 2 nitrogen and oxygen atoms in total. The third kappa shape index (κ3) is 3.37. The van der Waals surface area contributed by atoms with Crippen LogP contribution in [0.15, 0.2) is 29.6 Å². The number of benzene rings is 1. The van der Waals surface area contributed by atoms with Crippen LogP contribution in [0.4, 0.5) is 18.9 Å². The first-order chi connectivity index (χ1) is 9.82. The van der Waals surface area contributed by atoms with Crippen molar-refractivity contribution in [1.29, 1.82) is 5.26 Å². The number of hydrogen-bond acceptors (Lipinski definition) is 3. The number of halogens is 3. The van der Waals surface area contributed by atoms with Crippen LogP contribution in [0.3, 0.4) is 0 Å². The number of thiophene rings is 1. The Kier molecular flexibility index (Phi) is 4.24. The summed E-state index contributed by atoms with van der Waals surface area (Å²) in [6, 6.07) is 6.98. The summed E-state index contributed by atoms with van der Waals surface area (Å²) >= 11 is 1.50. The molecule has 110 valence electrons. The second-order valence-electron chi connectivity index (χ2n) is 4.70. The van der Waals surface area contributed by atoms with E-state index in [4.69, 9.17) is 5.26 Å². The van der Waals surface area contributed by atoms with E-state index in [2.05, 4.69) is 5.32 Å². The third-order valence-corrected chi connectivity index (χ3v) is 4.32. The van der Waals surface area contributed by atoms with Crippen LogP contribution in [0.2, 0.25) is 0 Å². The van der Waals surface area contributed by atoms with Crippen LogP contribution in [0.25, 0.3) is 0 Å². The van der Waals surface area contributed by atoms with E-state index in [0.29, 0.717) is 0 Å². The number of nitriles is 1. The Morgan fingerprint density at radius 3 is 2.52 bits per heavy atom. The summed E-state index contributed by atoms with van der Waals surface area (Å²) < 4.78 is 39.3. The maximum absolute atomic E-state index is 13.1. The zero-order valence-corrected chi connectivity index (χ0v) is 12.3. The molecule has 0 aliphatic rings. The normalized spacial score (nSPS) is 12.8. The Morgan fingerprint density at radius 2 is 2.00 bits per heavy atom. The lowest BCUT2D eigenvalue weighted by atomic mass is 10.1. The van der Waals surface area contributed by atoms with Crippen molar-refractivity contribution in [2.45, 2.75) is 26.1 Å². The second kappa shape index (κ2) is 5.78. The van der Waals surface area contributed by atoms with Gasteiger partial charge in [0.2, 0.25) is 0 Å². The standard InChI is InChI=1S/C15H13F3N2S/c1-9-5-6-21-14(9)10(2)20-13-4-3-11(8-19)7-12(13)15(16,17)18/h3-7,10,20H,1-2H3. The molecule has 2 aromatic rings. The lowest BCUT2D eigenvalue weighted by Gasteiger charge is -2.19. The minimum absolute atomic E-state index is 0.00664. The molecule has 1 atom stereocenters. The van der Waals surface area contributed by atoms with Crippen molar-refractivity contribution in [3.8, 4) is 6.07 Å². The first kappa shape index (κ1) is 15.4. The van der Waals surface area contributed by atoms with Gasteiger partial charge in [0.15, 0.2) is 0 Å². The smallest absolute Gasteiger partial charge is 0.377 e. The number of nitrogens with zero attached hydrogens (tertiary/aromatic N) is 1. The van der Waals surface area contributed by atoms with E-state index < -0.39 is 11.7 Å². The molecular weight excluding hydrogens is 297 g/mol. The molecule has 1 aromatic heterocycles. The molecule has 0 aliphatic carbocycles. The summed E-state index contributed by atoms with van der Waals surface area (Å²) in [5.41, 5.74) is 0.208. The number of hydrogen-bond donors (Lipinski definition) is 1. The summed E-state index contributed by atoms with van der Waals surface area (Å²) in [6.45, 7) is 3.74. The van der Waals surface area contributed by atoms with E-state index in [1.807, 2.05) is 25.3 Å². The summed E-state index contributed by atoms with van der Waals surface area (Å²) in [6.07, 6.45) is -4.50. The van der Waals surface area contributed by atoms with Crippen LogP contribution in [0.1, 0.15) is 34.5 Å². The van der Waals surface area contributed by atoms with Gasteiger partial charge in [0.25, 0.3) is 0 Å². The zero-order valence-electron chi connectivity index (χ0n) is 11.5. The van der Waals surface area contributed by atoms with Gasteiger partial charge in [0.1, 0.15) is 0 Å². The van der Waals surface area contributed by atoms with Crippen molar-refractivity contribution in [2.75, 3.05) is 5.32 Å². The maximum Gasteiger partial charge on any atom is 0.418 e. The lowest BCUT2D eigenvalue weighted by molar-refractivity contribution is -0.137. The van der Waals surface area contributed by atoms with Crippen molar-refractivity contribution < 1.29 is 13.2 Å². The molecule has 0 saturated carbocycles. The summed E-state index contributed by atoms with van der Waals surface area (Å²) in [5, 5.41) is 13.6. The molecule has 1 unspecified atom stereocenters. The summed E-state index contributed by atoms with van der Waals surface area (Å²) in [4.78, 5) is 0.993. The SMILES string of the molecule is Cc1ccsc1C(C)Nc1ccc(C#N)cc1C(F)(F)F. The van der Waals surface area contributed by atoms with Crippen LogP contribution < -0.4 is 5.32 Å². The molecule has 0 spiro atoms. The fourth-order valence-corrected chi connectivity index (χ4v) is 3.04. The molecule has 21 heavy (non-hydrogen) atoms. The third-order valence-electron chi connectivity index (χ3n) is 3.12. The monoisotopic (exact) mass is 310 g/mol. The molecular formula is C15H13F3N2S. The number of anilines is 1. The van der Waals surface area contributed by atoms with E-state index in [9.17, 15) is 13.2 Å². The van der Waals surface area contributed by atoms with E-state index >= 15 is 0 Å². The van der Waals surface area contributed by atoms with E-state index in [1.165, 1.54) is 23.5 Å². The van der Waals surface area contributed by atoms with Crippen molar-refractivity contribution in [2.24, 2.45) is 0 Å². The second-order valence-corrected chi connectivity index (χ2v) is 5.65. The molecule has 0 saturated heterocycles. The molecule has 0 amide bonds. The van der Waals surface area contributed by atoms with Crippen molar-refractivity contribution in [3.63, 3.8) is 0 Å². The molecule has 1 N–H and O–H groups in total. The quantitative estimate of drug-likeness (QED) is 0.854. The van der Waals surface area contributed by atoms with Gasteiger partial charge in [-0.15, -0.1) is 11.3 Å². The van der Waals surface area contributed by atoms with Crippen molar-refractivity contribution in [3.05, 3.63) is 51.2 Å². The van der Waals surface area contributed by atoms with Gasteiger partial charge in [-0.3, -0.25) is 0 Å². The predicted octanol–water partition coefficient (Wildman–Crippen LogP) is 5.12. The van der Waals surface area contributed by atoms with Gasteiger partial charge < -0.3 is 5.32 Å². The highest BCUT2D eigenvalue weighted by molar-refractivity contribution is 7.10. The van der Waals surface area contributed by atoms with Gasteiger partial charge in [-0.1, -0.05) is 0 Å². The largest absolute Gasteiger partial charge is 0.418 e. The van der Waals surface area contributed by atoms with Crippen molar-refractivity contribution >= 4 is 17.0 Å². The fourth-order valence-electron chi connectivity index (χ4n) is 2.10. The van der Waals surface area contributed by atoms with E-state index in [-0.39, 0.29) is 17.3 Å². The molecule has 1 aromatic carbocycles. The Morgan fingerprint density at radius 1 is 1.29 bits per heavy atom. The number of aryl methyl sites for hydroxylation is 1. The fraction of sp³-hybridized carbons (Fsp3) is 0.267. The minimum atomic E-state index is -4.50. The topological polar surface area (TPSA) is 35.8 Å². The minimum Gasteiger partial charge on any atom is -0.377 e. The highest BCUT2D eigenvalue weighted by atomic mass is 32.1. The molecule has 6 heteroatoms. The van der Waals surface area contributed by atoms with Gasteiger partial charge in [0, 0.05) is 10.6 Å². The maximum atomic E-state index is 13.1. The number of nitrogens with one attached hydrogen (secondary N) is 1. The zero-order chi connectivity index (χ0) is 15.6. The highest BCUT2D eigenvalue weighted by Gasteiger charge is 2.34. The molecule has 0 aliphatic heterocycles. The molecule has 0 radical (unpaired) electrons. The molecule has 1 heterocycles. The number of alkyl halides is 3. The molecule has 0 bridgehead atoms. The first-order valence-electron chi connectivity index (χ1n) is 6.25. The average molecular weight is 310 g/mol. The molecule has 2 rings (SSSR count). The van der Waals surface area contributed by atoms with Gasteiger partial charge in [-0.05, 0) is 49.1 Å². The van der Waals surface area contributed by atoms with E-state index in [0.717, 1.165) is 16.5 Å². The Labute approximate surface area is 124 Å².